The number of anilines is 1. The first-order valence-corrected chi connectivity index (χ1v) is 8.60. The second kappa shape index (κ2) is 6.63. The Morgan fingerprint density at radius 1 is 1.39 bits per heavy atom. The number of hydrogen-bond donors (Lipinski definition) is 1. The smallest absolute Gasteiger partial charge is 0.240 e. The predicted molar refractivity (Wildman–Crippen MR) is 84.7 cm³/mol. The van der Waals surface area contributed by atoms with Crippen LogP contribution in [0.15, 0.2) is 18.2 Å². The lowest BCUT2D eigenvalue weighted by Gasteiger charge is -2.13. The predicted octanol–water partition coefficient (Wildman–Crippen LogP) is 1.80. The highest BCUT2D eigenvalue weighted by Gasteiger charge is 2.20. The van der Waals surface area contributed by atoms with Crippen molar-refractivity contribution in [3.05, 3.63) is 35.4 Å². The van der Waals surface area contributed by atoms with Crippen molar-refractivity contribution < 1.29 is 17.5 Å². The maximum absolute atomic E-state index is 13.3. The van der Waals surface area contributed by atoms with E-state index in [1.807, 2.05) is 0 Å². The summed E-state index contributed by atoms with van der Waals surface area (Å²) in [7, 11) is -2.22. The molecule has 0 fully saturated rings. The molecule has 0 saturated heterocycles. The number of hydrogen-bond acceptors (Lipinski definition) is 5. The molecule has 0 saturated carbocycles. The number of sulfonamides is 1. The SMILES string of the molecule is COC(C)CS(=O)(=O)Nc1nc(C)nn1-c1ccc(F)cc1C. The van der Waals surface area contributed by atoms with E-state index in [9.17, 15) is 12.8 Å². The number of methoxy groups -OCH3 is 1. The maximum atomic E-state index is 13.3. The van der Waals surface area contributed by atoms with Crippen LogP contribution >= 0.6 is 0 Å². The molecule has 1 aromatic heterocycles. The zero-order valence-corrected chi connectivity index (χ0v) is 14.2. The van der Waals surface area contributed by atoms with E-state index in [0.717, 1.165) is 0 Å². The fraction of sp³-hybridized carbons (Fsp3) is 0.429. The molecular weight excluding hydrogens is 323 g/mol. The first-order valence-electron chi connectivity index (χ1n) is 6.95. The lowest BCUT2D eigenvalue weighted by Crippen LogP contribution is -2.26. The molecule has 126 valence electrons. The van der Waals surface area contributed by atoms with Crippen LogP contribution in [0, 0.1) is 19.7 Å². The van der Waals surface area contributed by atoms with Gasteiger partial charge in [0.15, 0.2) is 0 Å². The Bertz CT molecular complexity index is 804. The number of aromatic nitrogens is 3. The van der Waals surface area contributed by atoms with Gasteiger partial charge >= 0.3 is 0 Å². The molecular formula is C14H19FN4O3S. The van der Waals surface area contributed by atoms with Crippen molar-refractivity contribution in [3.63, 3.8) is 0 Å². The molecule has 7 nitrogen and oxygen atoms in total. The Balaban J connectivity index is 2.38. The standard InChI is InChI=1S/C14H19FN4O3S/c1-9-7-12(15)5-6-13(9)19-14(16-11(3)17-19)18-23(20,21)8-10(2)22-4/h5-7,10H,8H2,1-4H3,(H,16,17,18). The van der Waals surface area contributed by atoms with Gasteiger partial charge in [-0.3, -0.25) is 4.72 Å². The van der Waals surface area contributed by atoms with E-state index in [1.165, 1.54) is 30.0 Å². The number of aryl methyl sites for hydroxylation is 2. The molecule has 0 aliphatic heterocycles. The highest BCUT2D eigenvalue weighted by atomic mass is 32.2. The van der Waals surface area contributed by atoms with Crippen LogP contribution < -0.4 is 4.72 Å². The summed E-state index contributed by atoms with van der Waals surface area (Å²) in [6, 6.07) is 4.15. The lowest BCUT2D eigenvalue weighted by atomic mass is 10.2. The van der Waals surface area contributed by atoms with Crippen LogP contribution in [0.3, 0.4) is 0 Å². The van der Waals surface area contributed by atoms with Crippen LogP contribution in [0.25, 0.3) is 5.69 Å². The van der Waals surface area contributed by atoms with Gasteiger partial charge in [-0.2, -0.15) is 9.67 Å². The first-order chi connectivity index (χ1) is 10.7. The number of ether oxygens (including phenoxy) is 1. The van der Waals surface area contributed by atoms with E-state index in [-0.39, 0.29) is 17.5 Å². The van der Waals surface area contributed by atoms with Crippen LogP contribution in [0.1, 0.15) is 18.3 Å². The van der Waals surface area contributed by atoms with E-state index in [1.54, 1.807) is 20.8 Å². The van der Waals surface area contributed by atoms with Gasteiger partial charge in [0.05, 0.1) is 17.5 Å². The molecule has 9 heteroatoms. The van der Waals surface area contributed by atoms with Gasteiger partial charge in [-0.1, -0.05) is 0 Å². The molecule has 1 N–H and O–H groups in total. The molecule has 0 bridgehead atoms. The summed E-state index contributed by atoms with van der Waals surface area (Å²) in [5.41, 5.74) is 1.16. The molecule has 2 aromatic rings. The summed E-state index contributed by atoms with van der Waals surface area (Å²) >= 11 is 0. The molecule has 1 unspecified atom stereocenters. The Hall–Kier alpha value is -2.00. The van der Waals surface area contributed by atoms with Gasteiger partial charge in [-0.25, -0.2) is 12.8 Å². The third-order valence-corrected chi connectivity index (χ3v) is 4.61. The quantitative estimate of drug-likeness (QED) is 0.865. The van der Waals surface area contributed by atoms with Crippen molar-refractivity contribution in [3.8, 4) is 5.69 Å². The third kappa shape index (κ3) is 4.26. The van der Waals surface area contributed by atoms with Gasteiger partial charge in [0, 0.05) is 7.11 Å². The van der Waals surface area contributed by atoms with Crippen molar-refractivity contribution in [2.75, 3.05) is 17.6 Å². The van der Waals surface area contributed by atoms with Crippen molar-refractivity contribution in [1.82, 2.24) is 14.8 Å². The fourth-order valence-electron chi connectivity index (χ4n) is 2.06. The summed E-state index contributed by atoms with van der Waals surface area (Å²) in [4.78, 5) is 4.10. The second-order valence-corrected chi connectivity index (χ2v) is 7.02. The van der Waals surface area contributed by atoms with Gasteiger partial charge in [-0.15, -0.1) is 5.10 Å². The van der Waals surface area contributed by atoms with Crippen molar-refractivity contribution in [2.24, 2.45) is 0 Å². The fourth-order valence-corrected chi connectivity index (χ4v) is 3.31. The van der Waals surface area contributed by atoms with Gasteiger partial charge in [-0.05, 0) is 44.5 Å². The minimum absolute atomic E-state index is 0.0560. The Morgan fingerprint density at radius 3 is 2.70 bits per heavy atom. The minimum atomic E-state index is -3.66. The maximum Gasteiger partial charge on any atom is 0.240 e. The molecule has 1 aromatic carbocycles. The van der Waals surface area contributed by atoms with Gasteiger partial charge in [0.1, 0.15) is 11.6 Å². The molecule has 0 aliphatic carbocycles. The van der Waals surface area contributed by atoms with Crippen LogP contribution in [-0.2, 0) is 14.8 Å². The third-order valence-electron chi connectivity index (χ3n) is 3.20. The highest BCUT2D eigenvalue weighted by molar-refractivity contribution is 7.92. The van der Waals surface area contributed by atoms with Crippen LogP contribution in [-0.4, -0.2) is 42.1 Å². The average Bonchev–Trinajstić information content (AvgIpc) is 2.77. The van der Waals surface area contributed by atoms with E-state index in [2.05, 4.69) is 14.8 Å². The molecule has 23 heavy (non-hydrogen) atoms. The summed E-state index contributed by atoms with van der Waals surface area (Å²) in [6.07, 6.45) is -0.461. The van der Waals surface area contributed by atoms with E-state index >= 15 is 0 Å². The topological polar surface area (TPSA) is 86.1 Å². The van der Waals surface area contributed by atoms with Crippen LogP contribution in [0.2, 0.25) is 0 Å². The summed E-state index contributed by atoms with van der Waals surface area (Å²) in [5.74, 6) is -0.136. The Morgan fingerprint density at radius 2 is 2.09 bits per heavy atom. The zero-order chi connectivity index (χ0) is 17.2. The van der Waals surface area contributed by atoms with Crippen LogP contribution in [0.4, 0.5) is 10.3 Å². The molecule has 0 spiro atoms. The zero-order valence-electron chi connectivity index (χ0n) is 13.4. The highest BCUT2D eigenvalue weighted by Crippen LogP contribution is 2.19. The minimum Gasteiger partial charge on any atom is -0.381 e. The van der Waals surface area contributed by atoms with Crippen molar-refractivity contribution >= 4 is 16.0 Å². The number of benzene rings is 1. The molecule has 0 amide bonds. The Labute approximate surface area is 134 Å². The van der Waals surface area contributed by atoms with Crippen LogP contribution in [0.5, 0.6) is 0 Å². The second-order valence-electron chi connectivity index (χ2n) is 5.26. The van der Waals surface area contributed by atoms with E-state index in [4.69, 9.17) is 4.74 Å². The van der Waals surface area contributed by atoms with Gasteiger partial charge in [0.2, 0.25) is 16.0 Å². The molecule has 1 heterocycles. The summed E-state index contributed by atoms with van der Waals surface area (Å²) in [6.45, 7) is 5.00. The molecule has 1 atom stereocenters. The van der Waals surface area contributed by atoms with E-state index < -0.39 is 16.1 Å². The largest absolute Gasteiger partial charge is 0.381 e. The number of halogens is 1. The number of nitrogens with zero attached hydrogens (tertiary/aromatic N) is 3. The Kier molecular flexibility index (Phi) is 5.00. The van der Waals surface area contributed by atoms with Crippen molar-refractivity contribution in [2.45, 2.75) is 26.9 Å². The monoisotopic (exact) mass is 342 g/mol. The van der Waals surface area contributed by atoms with Crippen molar-refractivity contribution in [1.29, 1.82) is 0 Å². The molecule has 0 radical (unpaired) electrons. The van der Waals surface area contributed by atoms with Gasteiger partial charge < -0.3 is 4.74 Å². The number of nitrogens with one attached hydrogen (secondary N) is 1. The van der Waals surface area contributed by atoms with E-state index in [0.29, 0.717) is 17.1 Å². The van der Waals surface area contributed by atoms with Gasteiger partial charge in [0.25, 0.3) is 0 Å². The lowest BCUT2D eigenvalue weighted by molar-refractivity contribution is 0.136. The molecule has 0 aliphatic rings. The summed E-state index contributed by atoms with van der Waals surface area (Å²) in [5, 5.41) is 4.18. The first kappa shape index (κ1) is 17.4. The number of rotatable bonds is 6. The summed E-state index contributed by atoms with van der Waals surface area (Å²) < 4.78 is 46.3. The molecule has 2 rings (SSSR count). The average molecular weight is 342 g/mol. The normalized spacial score (nSPS) is 13.1.